The van der Waals surface area contributed by atoms with Crippen LogP contribution in [0.3, 0.4) is 0 Å². The Hall–Kier alpha value is -2.35. The SMILES string of the molecule is Cc1cn[nH]c1NS(=O)(=O)c1cc(C(=O)O)cc(C)c1C. The van der Waals surface area contributed by atoms with E-state index >= 15 is 0 Å². The molecule has 8 heteroatoms. The first kappa shape index (κ1) is 15.0. The van der Waals surface area contributed by atoms with Crippen LogP contribution in [0.25, 0.3) is 0 Å². The summed E-state index contributed by atoms with van der Waals surface area (Å²) in [5.41, 5.74) is 1.67. The van der Waals surface area contributed by atoms with E-state index in [2.05, 4.69) is 14.9 Å². The molecule has 21 heavy (non-hydrogen) atoms. The summed E-state index contributed by atoms with van der Waals surface area (Å²) in [6.45, 7) is 5.00. The first-order valence-corrected chi connectivity index (χ1v) is 7.58. The third kappa shape index (κ3) is 2.89. The number of benzene rings is 1. The van der Waals surface area contributed by atoms with Gasteiger partial charge >= 0.3 is 5.97 Å². The zero-order chi connectivity index (χ0) is 15.8. The topological polar surface area (TPSA) is 112 Å². The number of hydrogen-bond acceptors (Lipinski definition) is 4. The first-order valence-electron chi connectivity index (χ1n) is 6.09. The van der Waals surface area contributed by atoms with Gasteiger partial charge in [-0.05, 0) is 44.0 Å². The van der Waals surface area contributed by atoms with E-state index < -0.39 is 16.0 Å². The van der Waals surface area contributed by atoms with E-state index in [0.717, 1.165) is 6.07 Å². The van der Waals surface area contributed by atoms with Gasteiger partial charge in [-0.15, -0.1) is 0 Å². The summed E-state index contributed by atoms with van der Waals surface area (Å²) >= 11 is 0. The fourth-order valence-corrected chi connectivity index (χ4v) is 3.30. The molecule has 0 spiro atoms. The van der Waals surface area contributed by atoms with Gasteiger partial charge in [-0.3, -0.25) is 9.82 Å². The lowest BCUT2D eigenvalue weighted by atomic mass is 10.1. The molecule has 0 bridgehead atoms. The van der Waals surface area contributed by atoms with Crippen LogP contribution in [0.15, 0.2) is 23.2 Å². The van der Waals surface area contributed by atoms with Gasteiger partial charge in [-0.2, -0.15) is 5.10 Å². The van der Waals surface area contributed by atoms with Crippen LogP contribution in [-0.2, 0) is 10.0 Å². The van der Waals surface area contributed by atoms with Crippen LogP contribution in [0.2, 0.25) is 0 Å². The Morgan fingerprint density at radius 2 is 1.90 bits per heavy atom. The fourth-order valence-electron chi connectivity index (χ4n) is 1.87. The number of sulfonamides is 1. The highest BCUT2D eigenvalue weighted by Crippen LogP contribution is 2.24. The third-order valence-electron chi connectivity index (χ3n) is 3.22. The summed E-state index contributed by atoms with van der Waals surface area (Å²) in [5.74, 6) is -0.917. The molecular formula is C13H15N3O4S. The Morgan fingerprint density at radius 1 is 1.24 bits per heavy atom. The summed E-state index contributed by atoms with van der Waals surface area (Å²) < 4.78 is 27.3. The molecule has 0 aliphatic heterocycles. The Balaban J connectivity index is 2.54. The van der Waals surface area contributed by atoms with Crippen LogP contribution >= 0.6 is 0 Å². The van der Waals surface area contributed by atoms with Crippen LogP contribution in [-0.4, -0.2) is 29.7 Å². The predicted octanol–water partition coefficient (Wildman–Crippen LogP) is 1.83. The molecular weight excluding hydrogens is 294 g/mol. The van der Waals surface area contributed by atoms with Crippen molar-refractivity contribution < 1.29 is 18.3 Å². The van der Waals surface area contributed by atoms with Gasteiger partial charge in [0.25, 0.3) is 10.0 Å². The minimum Gasteiger partial charge on any atom is -0.478 e. The van der Waals surface area contributed by atoms with Crippen molar-refractivity contribution in [2.45, 2.75) is 25.7 Å². The number of carboxylic acid groups (broad SMARTS) is 1. The molecule has 0 aliphatic rings. The van der Waals surface area contributed by atoms with Crippen molar-refractivity contribution in [2.75, 3.05) is 4.72 Å². The maximum atomic E-state index is 12.4. The predicted molar refractivity (Wildman–Crippen MR) is 77.0 cm³/mol. The highest BCUT2D eigenvalue weighted by atomic mass is 32.2. The number of aryl methyl sites for hydroxylation is 2. The fraction of sp³-hybridized carbons (Fsp3) is 0.231. The summed E-state index contributed by atoms with van der Waals surface area (Å²) in [6.07, 6.45) is 1.49. The zero-order valence-corrected chi connectivity index (χ0v) is 12.6. The number of rotatable bonds is 4. The number of aromatic amines is 1. The lowest BCUT2D eigenvalue weighted by molar-refractivity contribution is 0.0696. The van der Waals surface area contributed by atoms with Crippen LogP contribution in [0.4, 0.5) is 5.82 Å². The Bertz CT molecular complexity index is 809. The minimum atomic E-state index is -3.90. The number of hydrogen-bond donors (Lipinski definition) is 3. The number of H-pyrrole nitrogens is 1. The molecule has 0 atom stereocenters. The van der Waals surface area contributed by atoms with E-state index in [-0.39, 0.29) is 16.3 Å². The van der Waals surface area contributed by atoms with Gasteiger partial charge in [0.15, 0.2) is 0 Å². The molecule has 2 aromatic rings. The molecule has 0 saturated heterocycles. The lowest BCUT2D eigenvalue weighted by Crippen LogP contribution is -2.16. The number of anilines is 1. The molecule has 0 fully saturated rings. The van der Waals surface area contributed by atoms with E-state index in [1.807, 2.05) is 0 Å². The van der Waals surface area contributed by atoms with Gasteiger partial charge in [0.1, 0.15) is 5.82 Å². The number of aromatic nitrogens is 2. The standard InChI is InChI=1S/C13H15N3O4S/c1-7-4-10(13(17)18)5-11(9(7)3)21(19,20)16-12-8(2)6-14-15-12/h4-6H,1-3H3,(H,17,18)(H2,14,15,16). The van der Waals surface area contributed by atoms with Gasteiger partial charge in [-0.25, -0.2) is 13.2 Å². The molecule has 0 unspecified atom stereocenters. The number of nitrogens with zero attached hydrogens (tertiary/aromatic N) is 1. The maximum Gasteiger partial charge on any atom is 0.335 e. The molecule has 112 valence electrons. The van der Waals surface area contributed by atoms with Crippen LogP contribution in [0.5, 0.6) is 0 Å². The smallest absolute Gasteiger partial charge is 0.335 e. The van der Waals surface area contributed by atoms with Gasteiger partial charge in [0.05, 0.1) is 16.7 Å². The number of nitrogens with one attached hydrogen (secondary N) is 2. The van der Waals surface area contributed by atoms with Crippen LogP contribution in [0.1, 0.15) is 27.0 Å². The Morgan fingerprint density at radius 3 is 2.43 bits per heavy atom. The van der Waals surface area contributed by atoms with Crippen molar-refractivity contribution in [1.29, 1.82) is 0 Å². The quantitative estimate of drug-likeness (QED) is 0.797. The third-order valence-corrected chi connectivity index (χ3v) is 4.70. The normalized spacial score (nSPS) is 11.4. The number of carboxylic acids is 1. The van der Waals surface area contributed by atoms with E-state index in [9.17, 15) is 13.2 Å². The Kier molecular flexibility index (Phi) is 3.73. The summed E-state index contributed by atoms with van der Waals surface area (Å²) in [4.78, 5) is 11.0. The highest BCUT2D eigenvalue weighted by molar-refractivity contribution is 7.92. The van der Waals surface area contributed by atoms with Crippen molar-refractivity contribution in [3.8, 4) is 0 Å². The lowest BCUT2D eigenvalue weighted by Gasteiger charge is -2.12. The summed E-state index contributed by atoms with van der Waals surface area (Å²) in [6, 6.07) is 2.59. The molecule has 0 radical (unpaired) electrons. The van der Waals surface area contributed by atoms with E-state index in [1.165, 1.54) is 12.3 Å². The molecule has 0 aliphatic carbocycles. The Labute approximate surface area is 122 Å². The second-order valence-corrected chi connectivity index (χ2v) is 6.41. The van der Waals surface area contributed by atoms with E-state index in [4.69, 9.17) is 5.11 Å². The molecule has 3 N–H and O–H groups in total. The van der Waals surface area contributed by atoms with Crippen molar-refractivity contribution in [1.82, 2.24) is 10.2 Å². The molecule has 0 amide bonds. The summed E-state index contributed by atoms with van der Waals surface area (Å²) in [7, 11) is -3.90. The van der Waals surface area contributed by atoms with Crippen molar-refractivity contribution in [3.05, 3.63) is 40.6 Å². The minimum absolute atomic E-state index is 0.0612. The van der Waals surface area contributed by atoms with Gasteiger partial charge in [0, 0.05) is 5.56 Å². The van der Waals surface area contributed by atoms with Crippen molar-refractivity contribution in [2.24, 2.45) is 0 Å². The van der Waals surface area contributed by atoms with Crippen molar-refractivity contribution in [3.63, 3.8) is 0 Å². The molecule has 1 aromatic heterocycles. The molecule has 1 aromatic carbocycles. The first-order chi connectivity index (χ1) is 9.72. The van der Waals surface area contributed by atoms with Crippen molar-refractivity contribution >= 4 is 21.8 Å². The molecule has 1 heterocycles. The summed E-state index contributed by atoms with van der Waals surface area (Å²) in [5, 5.41) is 15.3. The second-order valence-electron chi connectivity index (χ2n) is 4.75. The average molecular weight is 309 g/mol. The largest absolute Gasteiger partial charge is 0.478 e. The van der Waals surface area contributed by atoms with Gasteiger partial charge in [-0.1, -0.05) is 0 Å². The number of carbonyl (C=O) groups is 1. The molecule has 7 nitrogen and oxygen atoms in total. The molecule has 2 rings (SSSR count). The highest BCUT2D eigenvalue weighted by Gasteiger charge is 2.22. The van der Waals surface area contributed by atoms with Gasteiger partial charge in [0.2, 0.25) is 0 Å². The zero-order valence-electron chi connectivity index (χ0n) is 11.8. The van der Waals surface area contributed by atoms with Gasteiger partial charge < -0.3 is 5.11 Å². The average Bonchev–Trinajstić information content (AvgIpc) is 2.77. The number of aromatic carboxylic acids is 1. The maximum absolute atomic E-state index is 12.4. The van der Waals surface area contributed by atoms with E-state index in [1.54, 1.807) is 20.8 Å². The van der Waals surface area contributed by atoms with Crippen LogP contribution < -0.4 is 4.72 Å². The molecule has 0 saturated carbocycles. The van der Waals surface area contributed by atoms with E-state index in [0.29, 0.717) is 16.7 Å². The van der Waals surface area contributed by atoms with Crippen LogP contribution in [0, 0.1) is 20.8 Å². The monoisotopic (exact) mass is 309 g/mol. The second kappa shape index (κ2) is 5.21.